The Hall–Kier alpha value is -2.86. The predicted molar refractivity (Wildman–Crippen MR) is 116 cm³/mol. The Morgan fingerprint density at radius 1 is 0.967 bits per heavy atom. The van der Waals surface area contributed by atoms with E-state index in [1.807, 2.05) is 38.1 Å². The molecule has 0 saturated carbocycles. The van der Waals surface area contributed by atoms with Gasteiger partial charge in [0.2, 0.25) is 5.91 Å². The number of fused-ring (bicyclic) bond motifs is 3. The molecule has 1 aliphatic rings. The lowest BCUT2D eigenvalue weighted by Gasteiger charge is -2.32. The fourth-order valence-corrected chi connectivity index (χ4v) is 4.35. The van der Waals surface area contributed by atoms with Gasteiger partial charge in [0.25, 0.3) is 0 Å². The third kappa shape index (κ3) is 5.39. The summed E-state index contributed by atoms with van der Waals surface area (Å²) in [7, 11) is 0. The number of ether oxygens (including phenoxy) is 1. The molecule has 0 fully saturated rings. The van der Waals surface area contributed by atoms with Crippen molar-refractivity contribution >= 4 is 12.0 Å². The molecule has 0 saturated heterocycles. The van der Waals surface area contributed by atoms with Crippen LogP contribution in [0.1, 0.15) is 51.2 Å². The van der Waals surface area contributed by atoms with E-state index < -0.39 is 17.2 Å². The summed E-state index contributed by atoms with van der Waals surface area (Å²) >= 11 is 0. The van der Waals surface area contributed by atoms with Gasteiger partial charge in [-0.15, -0.1) is 0 Å². The first-order chi connectivity index (χ1) is 14.1. The molecule has 3 rings (SSSR count). The second kappa shape index (κ2) is 8.48. The molecular weight excluding hydrogens is 380 g/mol. The number of hydrogen-bond donors (Lipinski definition) is 3. The van der Waals surface area contributed by atoms with Gasteiger partial charge >= 0.3 is 6.09 Å². The van der Waals surface area contributed by atoms with Gasteiger partial charge in [-0.25, -0.2) is 4.79 Å². The zero-order valence-corrected chi connectivity index (χ0v) is 18.0. The van der Waals surface area contributed by atoms with E-state index in [4.69, 9.17) is 4.74 Å². The van der Waals surface area contributed by atoms with Crippen molar-refractivity contribution in [2.75, 3.05) is 13.2 Å². The molecule has 0 spiro atoms. The van der Waals surface area contributed by atoms with E-state index in [0.29, 0.717) is 6.42 Å². The Morgan fingerprint density at radius 3 is 2.03 bits per heavy atom. The second-order valence-corrected chi connectivity index (χ2v) is 9.10. The molecule has 0 aromatic heterocycles. The average molecular weight is 411 g/mol. The highest BCUT2D eigenvalue weighted by Crippen LogP contribution is 2.44. The summed E-state index contributed by atoms with van der Waals surface area (Å²) in [5.74, 6) is -0.361. The molecule has 0 heterocycles. The van der Waals surface area contributed by atoms with E-state index in [9.17, 15) is 14.7 Å². The Bertz CT molecular complexity index is 885. The predicted octanol–water partition coefficient (Wildman–Crippen LogP) is 3.58. The van der Waals surface area contributed by atoms with Crippen LogP contribution < -0.4 is 10.6 Å². The van der Waals surface area contributed by atoms with Crippen LogP contribution in [0, 0.1) is 0 Å². The topological polar surface area (TPSA) is 87.7 Å². The van der Waals surface area contributed by atoms with Gasteiger partial charge in [0.15, 0.2) is 0 Å². The Kier molecular flexibility index (Phi) is 6.17. The summed E-state index contributed by atoms with van der Waals surface area (Å²) in [6.07, 6.45) is -0.247. The van der Waals surface area contributed by atoms with Crippen LogP contribution in [-0.4, -0.2) is 41.4 Å². The zero-order chi connectivity index (χ0) is 21.9. The number of aliphatic hydroxyl groups is 1. The zero-order valence-electron chi connectivity index (χ0n) is 18.0. The molecule has 0 unspecified atom stereocenters. The molecule has 0 radical (unpaired) electrons. The molecule has 0 aliphatic heterocycles. The molecule has 0 bridgehead atoms. The van der Waals surface area contributed by atoms with Crippen molar-refractivity contribution in [1.82, 2.24) is 10.6 Å². The molecule has 3 N–H and O–H groups in total. The van der Waals surface area contributed by atoms with Crippen molar-refractivity contribution < 1.29 is 19.4 Å². The van der Waals surface area contributed by atoms with Gasteiger partial charge < -0.3 is 20.5 Å². The Balaban J connectivity index is 1.53. The molecule has 6 heteroatoms. The fourth-order valence-electron chi connectivity index (χ4n) is 4.35. The highest BCUT2D eigenvalue weighted by molar-refractivity contribution is 5.83. The lowest BCUT2D eigenvalue weighted by atomic mass is 9.89. The van der Waals surface area contributed by atoms with Gasteiger partial charge in [0, 0.05) is 11.5 Å². The molecule has 0 atom stereocenters. The molecule has 2 aromatic rings. The van der Waals surface area contributed by atoms with Crippen LogP contribution in [0.15, 0.2) is 48.5 Å². The molecular formula is C24H30N2O4. The monoisotopic (exact) mass is 410 g/mol. The lowest BCUT2D eigenvalue weighted by molar-refractivity contribution is -0.122. The number of benzene rings is 2. The molecule has 30 heavy (non-hydrogen) atoms. The van der Waals surface area contributed by atoms with Crippen molar-refractivity contribution in [3.63, 3.8) is 0 Å². The number of rotatable bonds is 7. The van der Waals surface area contributed by atoms with Gasteiger partial charge in [-0.1, -0.05) is 48.5 Å². The quantitative estimate of drug-likeness (QED) is 0.651. The normalized spacial score (nSPS) is 13.4. The first-order valence-corrected chi connectivity index (χ1v) is 10.2. The smallest absolute Gasteiger partial charge is 0.407 e. The first-order valence-electron chi connectivity index (χ1n) is 10.2. The van der Waals surface area contributed by atoms with Gasteiger partial charge in [0.05, 0.1) is 5.60 Å². The summed E-state index contributed by atoms with van der Waals surface area (Å²) in [6.45, 7) is 7.05. The maximum absolute atomic E-state index is 12.2. The van der Waals surface area contributed by atoms with Crippen LogP contribution in [0.3, 0.4) is 0 Å². The van der Waals surface area contributed by atoms with Gasteiger partial charge in [-0.3, -0.25) is 4.79 Å². The number of carbonyl (C=O) groups excluding carboxylic acids is 2. The fraction of sp³-hybridized carbons (Fsp3) is 0.417. The van der Waals surface area contributed by atoms with Crippen molar-refractivity contribution in [2.45, 2.75) is 51.2 Å². The minimum atomic E-state index is -0.906. The van der Waals surface area contributed by atoms with Crippen molar-refractivity contribution in [3.8, 4) is 11.1 Å². The number of hydrogen-bond acceptors (Lipinski definition) is 4. The van der Waals surface area contributed by atoms with Crippen LogP contribution in [0.5, 0.6) is 0 Å². The maximum atomic E-state index is 12.2. The molecule has 160 valence electrons. The highest BCUT2D eigenvalue weighted by atomic mass is 16.5. The molecule has 6 nitrogen and oxygen atoms in total. The van der Waals surface area contributed by atoms with Crippen molar-refractivity contribution in [3.05, 3.63) is 59.7 Å². The summed E-state index contributed by atoms with van der Waals surface area (Å²) in [5, 5.41) is 15.3. The van der Waals surface area contributed by atoms with Crippen molar-refractivity contribution in [1.29, 1.82) is 0 Å². The van der Waals surface area contributed by atoms with Gasteiger partial charge in [0.1, 0.15) is 13.2 Å². The summed E-state index contributed by atoms with van der Waals surface area (Å²) in [4.78, 5) is 24.3. The van der Waals surface area contributed by atoms with Gasteiger partial charge in [-0.05, 0) is 56.4 Å². The van der Waals surface area contributed by atoms with Crippen LogP contribution >= 0.6 is 0 Å². The van der Waals surface area contributed by atoms with Gasteiger partial charge in [-0.2, -0.15) is 0 Å². The van der Waals surface area contributed by atoms with E-state index >= 15 is 0 Å². The SMILES string of the molecule is CC(C)(O)CC(C)(C)NC(=O)CNC(=O)OCC1c2ccccc2-c2ccccc21. The van der Waals surface area contributed by atoms with Crippen LogP contribution in [-0.2, 0) is 9.53 Å². The van der Waals surface area contributed by atoms with E-state index in [1.54, 1.807) is 13.8 Å². The second-order valence-electron chi connectivity index (χ2n) is 9.10. The Labute approximate surface area is 177 Å². The minimum Gasteiger partial charge on any atom is -0.449 e. The lowest BCUT2D eigenvalue weighted by Crippen LogP contribution is -2.50. The number of carbonyl (C=O) groups is 2. The van der Waals surface area contributed by atoms with Crippen molar-refractivity contribution in [2.24, 2.45) is 0 Å². The summed E-state index contributed by atoms with van der Waals surface area (Å²) in [6, 6.07) is 16.2. The number of nitrogens with one attached hydrogen (secondary N) is 2. The number of alkyl carbamates (subject to hydrolysis) is 1. The van der Waals surface area contributed by atoms with E-state index in [2.05, 4.69) is 34.9 Å². The Morgan fingerprint density at radius 2 is 1.50 bits per heavy atom. The van der Waals surface area contributed by atoms with E-state index in [0.717, 1.165) is 22.3 Å². The largest absolute Gasteiger partial charge is 0.449 e. The number of amides is 2. The third-order valence-corrected chi connectivity index (χ3v) is 5.09. The maximum Gasteiger partial charge on any atom is 0.407 e. The highest BCUT2D eigenvalue weighted by Gasteiger charge is 2.30. The average Bonchev–Trinajstić information content (AvgIpc) is 2.96. The minimum absolute atomic E-state index is 0.0253. The van der Waals surface area contributed by atoms with Crippen LogP contribution in [0.25, 0.3) is 11.1 Å². The van der Waals surface area contributed by atoms with E-state index in [1.165, 1.54) is 0 Å². The van der Waals surface area contributed by atoms with Crippen LogP contribution in [0.4, 0.5) is 4.79 Å². The standard InChI is InChI=1S/C24H30N2O4/c1-23(2,15-24(3,4)29)26-21(27)13-25-22(28)30-14-20-18-11-7-5-9-16(18)17-10-6-8-12-19(17)20/h5-12,20,29H,13-15H2,1-4H3,(H,25,28)(H,26,27). The summed E-state index contributed by atoms with van der Waals surface area (Å²) < 4.78 is 5.43. The van der Waals surface area contributed by atoms with E-state index in [-0.39, 0.29) is 25.0 Å². The first kappa shape index (κ1) is 21.8. The van der Waals surface area contributed by atoms with Crippen LogP contribution in [0.2, 0.25) is 0 Å². The molecule has 1 aliphatic carbocycles. The molecule has 2 aromatic carbocycles. The third-order valence-electron chi connectivity index (χ3n) is 5.09. The summed E-state index contributed by atoms with van der Waals surface area (Å²) in [5.41, 5.74) is 3.09. The molecule has 2 amide bonds.